The molecule has 1 fully saturated rings. The van der Waals surface area contributed by atoms with E-state index in [1.54, 1.807) is 19.2 Å². The van der Waals surface area contributed by atoms with Gasteiger partial charge in [0, 0.05) is 25.1 Å². The van der Waals surface area contributed by atoms with Gasteiger partial charge in [-0.05, 0) is 30.5 Å². The van der Waals surface area contributed by atoms with Gasteiger partial charge in [0.15, 0.2) is 0 Å². The summed E-state index contributed by atoms with van der Waals surface area (Å²) in [6.45, 7) is 0.531. The predicted molar refractivity (Wildman–Crippen MR) is 78.3 cm³/mol. The zero-order chi connectivity index (χ0) is 14.4. The largest absolute Gasteiger partial charge is 0.355 e. The second-order valence-electron chi connectivity index (χ2n) is 5.33. The fourth-order valence-electron chi connectivity index (χ4n) is 2.62. The van der Waals surface area contributed by atoms with E-state index in [1.165, 1.54) is 19.3 Å². The van der Waals surface area contributed by atoms with Gasteiger partial charge in [0.2, 0.25) is 5.91 Å². The van der Waals surface area contributed by atoms with Crippen LogP contribution in [0.2, 0.25) is 0 Å². The van der Waals surface area contributed by atoms with Gasteiger partial charge in [-0.2, -0.15) is 0 Å². The Morgan fingerprint density at radius 2 is 1.75 bits per heavy atom. The number of benzene rings is 1. The first-order valence-corrected chi connectivity index (χ1v) is 7.29. The summed E-state index contributed by atoms with van der Waals surface area (Å²) < 4.78 is 0. The fraction of sp³-hybridized carbons (Fsp3) is 0.500. The van der Waals surface area contributed by atoms with Crippen molar-refractivity contribution in [3.05, 3.63) is 35.4 Å². The first kappa shape index (κ1) is 14.6. The normalized spacial score (nSPS) is 15.7. The Bertz CT molecular complexity index is 462. The maximum atomic E-state index is 12.0. The molecule has 1 aromatic carbocycles. The van der Waals surface area contributed by atoms with E-state index in [0.29, 0.717) is 12.1 Å². The molecule has 1 saturated carbocycles. The van der Waals surface area contributed by atoms with Gasteiger partial charge in [0.05, 0.1) is 0 Å². The maximum Gasteiger partial charge on any atom is 0.251 e. The van der Waals surface area contributed by atoms with E-state index in [2.05, 4.69) is 10.6 Å². The quantitative estimate of drug-likeness (QED) is 0.884. The molecule has 0 aromatic heterocycles. The molecule has 1 aliphatic carbocycles. The minimum Gasteiger partial charge on any atom is -0.355 e. The van der Waals surface area contributed by atoms with Gasteiger partial charge in [0.1, 0.15) is 0 Å². The van der Waals surface area contributed by atoms with Crippen LogP contribution >= 0.6 is 0 Å². The number of hydrogen-bond acceptors (Lipinski definition) is 2. The smallest absolute Gasteiger partial charge is 0.251 e. The van der Waals surface area contributed by atoms with Crippen LogP contribution in [0.4, 0.5) is 0 Å². The van der Waals surface area contributed by atoms with Gasteiger partial charge in [-0.1, -0.05) is 31.4 Å². The molecule has 0 radical (unpaired) electrons. The van der Waals surface area contributed by atoms with E-state index >= 15 is 0 Å². The Labute approximate surface area is 119 Å². The average molecular weight is 274 g/mol. The predicted octanol–water partition coefficient (Wildman–Crippen LogP) is 2.24. The van der Waals surface area contributed by atoms with E-state index in [9.17, 15) is 9.59 Å². The zero-order valence-electron chi connectivity index (χ0n) is 11.9. The van der Waals surface area contributed by atoms with E-state index < -0.39 is 0 Å². The van der Waals surface area contributed by atoms with Crippen molar-refractivity contribution < 1.29 is 9.59 Å². The van der Waals surface area contributed by atoms with E-state index in [0.717, 1.165) is 18.4 Å². The summed E-state index contributed by atoms with van der Waals surface area (Å²) in [6, 6.07) is 7.32. The van der Waals surface area contributed by atoms with E-state index in [-0.39, 0.29) is 17.7 Å². The zero-order valence-corrected chi connectivity index (χ0v) is 11.9. The minimum atomic E-state index is -0.0946. The van der Waals surface area contributed by atoms with Gasteiger partial charge in [0.25, 0.3) is 5.91 Å². The summed E-state index contributed by atoms with van der Waals surface area (Å²) in [7, 11) is 1.61. The van der Waals surface area contributed by atoms with E-state index in [1.807, 2.05) is 12.1 Å². The molecule has 0 saturated heterocycles. The summed E-state index contributed by atoms with van der Waals surface area (Å²) >= 11 is 0. The van der Waals surface area contributed by atoms with Gasteiger partial charge < -0.3 is 10.6 Å². The summed E-state index contributed by atoms with van der Waals surface area (Å²) in [5.74, 6) is 0.261. The maximum absolute atomic E-state index is 12.0. The van der Waals surface area contributed by atoms with Crippen LogP contribution in [0.3, 0.4) is 0 Å². The Kier molecular flexibility index (Phi) is 5.16. The summed E-state index contributed by atoms with van der Waals surface area (Å²) in [5, 5.41) is 5.58. The molecule has 0 aliphatic heterocycles. The SMILES string of the molecule is CNC(=O)c1ccc(CNC(=O)C2CCCCC2)cc1. The van der Waals surface area contributed by atoms with Crippen LogP contribution in [0.25, 0.3) is 0 Å². The first-order chi connectivity index (χ1) is 9.70. The van der Waals surface area contributed by atoms with Crippen molar-refractivity contribution in [1.82, 2.24) is 10.6 Å². The number of carbonyl (C=O) groups excluding carboxylic acids is 2. The highest BCUT2D eigenvalue weighted by atomic mass is 16.2. The monoisotopic (exact) mass is 274 g/mol. The molecule has 0 bridgehead atoms. The average Bonchev–Trinajstić information content (AvgIpc) is 2.53. The molecule has 2 rings (SSSR count). The lowest BCUT2D eigenvalue weighted by Gasteiger charge is -2.20. The van der Waals surface area contributed by atoms with Gasteiger partial charge >= 0.3 is 0 Å². The number of nitrogens with one attached hydrogen (secondary N) is 2. The molecule has 2 amide bonds. The standard InChI is InChI=1S/C16H22N2O2/c1-17-15(19)14-9-7-12(8-10-14)11-18-16(20)13-5-3-2-4-6-13/h7-10,13H,2-6,11H2,1H3,(H,17,19)(H,18,20). The molecule has 4 nitrogen and oxygen atoms in total. The third-order valence-electron chi connectivity index (χ3n) is 3.89. The third-order valence-corrected chi connectivity index (χ3v) is 3.89. The van der Waals surface area contributed by atoms with Crippen molar-refractivity contribution in [2.24, 2.45) is 5.92 Å². The van der Waals surface area contributed by atoms with E-state index in [4.69, 9.17) is 0 Å². The molecule has 4 heteroatoms. The Morgan fingerprint density at radius 1 is 1.10 bits per heavy atom. The second-order valence-corrected chi connectivity index (χ2v) is 5.33. The summed E-state index contributed by atoms with van der Waals surface area (Å²) in [6.07, 6.45) is 5.62. The molecule has 0 heterocycles. The fourth-order valence-corrected chi connectivity index (χ4v) is 2.62. The van der Waals surface area contributed by atoms with Gasteiger partial charge in [-0.3, -0.25) is 9.59 Å². The summed E-state index contributed by atoms with van der Waals surface area (Å²) in [4.78, 5) is 23.4. The van der Waals surface area contributed by atoms with Gasteiger partial charge in [-0.15, -0.1) is 0 Å². The number of carbonyl (C=O) groups is 2. The Morgan fingerprint density at radius 3 is 2.35 bits per heavy atom. The van der Waals surface area contributed by atoms with Crippen LogP contribution in [0.5, 0.6) is 0 Å². The van der Waals surface area contributed by atoms with Crippen LogP contribution in [0.1, 0.15) is 48.0 Å². The van der Waals surface area contributed by atoms with Crippen molar-refractivity contribution >= 4 is 11.8 Å². The van der Waals surface area contributed by atoms with Crippen LogP contribution in [0.15, 0.2) is 24.3 Å². The molecule has 0 spiro atoms. The molecule has 1 aliphatic rings. The van der Waals surface area contributed by atoms with Crippen LogP contribution in [-0.2, 0) is 11.3 Å². The molecular formula is C16H22N2O2. The molecule has 1 aromatic rings. The van der Waals surface area contributed by atoms with Crippen LogP contribution in [-0.4, -0.2) is 18.9 Å². The number of rotatable bonds is 4. The van der Waals surface area contributed by atoms with Crippen molar-refractivity contribution in [3.63, 3.8) is 0 Å². The lowest BCUT2D eigenvalue weighted by Crippen LogP contribution is -2.31. The molecule has 0 atom stereocenters. The van der Waals surface area contributed by atoms with Crippen molar-refractivity contribution in [3.8, 4) is 0 Å². The Balaban J connectivity index is 1.84. The van der Waals surface area contributed by atoms with Crippen LogP contribution < -0.4 is 10.6 Å². The molecule has 0 unspecified atom stereocenters. The highest BCUT2D eigenvalue weighted by molar-refractivity contribution is 5.93. The highest BCUT2D eigenvalue weighted by Crippen LogP contribution is 2.23. The van der Waals surface area contributed by atoms with Crippen molar-refractivity contribution in [2.45, 2.75) is 38.6 Å². The summed E-state index contributed by atoms with van der Waals surface area (Å²) in [5.41, 5.74) is 1.65. The lowest BCUT2D eigenvalue weighted by atomic mass is 9.88. The second kappa shape index (κ2) is 7.08. The minimum absolute atomic E-state index is 0.0946. The highest BCUT2D eigenvalue weighted by Gasteiger charge is 2.20. The third kappa shape index (κ3) is 3.83. The number of amides is 2. The Hall–Kier alpha value is -1.84. The van der Waals surface area contributed by atoms with Crippen molar-refractivity contribution in [2.75, 3.05) is 7.05 Å². The lowest BCUT2D eigenvalue weighted by molar-refractivity contribution is -0.126. The first-order valence-electron chi connectivity index (χ1n) is 7.29. The topological polar surface area (TPSA) is 58.2 Å². The van der Waals surface area contributed by atoms with Crippen molar-refractivity contribution in [1.29, 1.82) is 0 Å². The molecule has 20 heavy (non-hydrogen) atoms. The molecular weight excluding hydrogens is 252 g/mol. The number of hydrogen-bond donors (Lipinski definition) is 2. The van der Waals surface area contributed by atoms with Crippen LogP contribution in [0, 0.1) is 5.92 Å². The van der Waals surface area contributed by atoms with Gasteiger partial charge in [-0.25, -0.2) is 0 Å². The molecule has 2 N–H and O–H groups in total. The molecule has 108 valence electrons.